The monoisotopic (exact) mass is 287 g/mol. The van der Waals surface area contributed by atoms with Crippen molar-refractivity contribution >= 4 is 22.8 Å². The van der Waals surface area contributed by atoms with Gasteiger partial charge in [-0.1, -0.05) is 24.5 Å². The molecule has 1 amide bonds. The molecule has 2 aromatic rings. The van der Waals surface area contributed by atoms with Gasteiger partial charge in [-0.05, 0) is 37.5 Å². The number of carbonyl (C=O) groups is 2. The van der Waals surface area contributed by atoms with Gasteiger partial charge in [0.05, 0.1) is 0 Å². The molecule has 0 bridgehead atoms. The molecule has 1 unspecified atom stereocenters. The van der Waals surface area contributed by atoms with Crippen LogP contribution in [0.3, 0.4) is 0 Å². The van der Waals surface area contributed by atoms with Crippen LogP contribution in [0.15, 0.2) is 28.7 Å². The molecule has 1 fully saturated rings. The van der Waals surface area contributed by atoms with Crippen LogP contribution < -0.4 is 5.32 Å². The highest BCUT2D eigenvalue weighted by atomic mass is 16.4. The van der Waals surface area contributed by atoms with Crippen molar-refractivity contribution in [1.82, 2.24) is 5.32 Å². The van der Waals surface area contributed by atoms with Crippen LogP contribution in [0, 0.1) is 12.8 Å². The molecule has 0 aliphatic heterocycles. The zero-order valence-electron chi connectivity index (χ0n) is 11.8. The first-order valence-corrected chi connectivity index (χ1v) is 7.07. The third kappa shape index (κ3) is 3.07. The summed E-state index contributed by atoms with van der Waals surface area (Å²) in [6.07, 6.45) is 2.58. The molecular formula is C16H17NO4. The molecule has 3 rings (SSSR count). The summed E-state index contributed by atoms with van der Waals surface area (Å²) in [6.45, 7) is 1.96. The highest BCUT2D eigenvalue weighted by Crippen LogP contribution is 2.33. The van der Waals surface area contributed by atoms with E-state index in [0.717, 1.165) is 23.8 Å². The molecule has 0 radical (unpaired) electrons. The lowest BCUT2D eigenvalue weighted by molar-refractivity contribution is -0.139. The lowest BCUT2D eigenvalue weighted by atomic mass is 10.1. The van der Waals surface area contributed by atoms with Crippen LogP contribution >= 0.6 is 0 Å². The van der Waals surface area contributed by atoms with Crippen LogP contribution in [0.1, 0.15) is 35.4 Å². The first kappa shape index (κ1) is 13.7. The maximum Gasteiger partial charge on any atom is 0.326 e. The van der Waals surface area contributed by atoms with Crippen molar-refractivity contribution in [1.29, 1.82) is 0 Å². The fraction of sp³-hybridized carbons (Fsp3) is 0.375. The summed E-state index contributed by atoms with van der Waals surface area (Å²) in [4.78, 5) is 23.3. The number of hydrogen-bond acceptors (Lipinski definition) is 3. The Kier molecular flexibility index (Phi) is 3.41. The number of fused-ring (bicyclic) bond motifs is 1. The van der Waals surface area contributed by atoms with Crippen molar-refractivity contribution in [3.8, 4) is 0 Å². The fourth-order valence-corrected chi connectivity index (χ4v) is 2.41. The first-order chi connectivity index (χ1) is 10.0. The van der Waals surface area contributed by atoms with Crippen molar-refractivity contribution in [2.45, 2.75) is 32.2 Å². The number of nitrogens with one attached hydrogen (secondary N) is 1. The zero-order valence-corrected chi connectivity index (χ0v) is 11.8. The first-order valence-electron chi connectivity index (χ1n) is 7.07. The molecule has 1 heterocycles. The SMILES string of the molecule is Cc1ccc2oc(C(=O)NC(CC3CC3)C(=O)O)cc2c1. The topological polar surface area (TPSA) is 79.5 Å². The Morgan fingerprint density at radius 2 is 2.14 bits per heavy atom. The van der Waals surface area contributed by atoms with E-state index in [0.29, 0.717) is 17.9 Å². The standard InChI is InChI=1S/C16H17NO4/c1-9-2-5-13-11(6-9)8-14(21-13)15(18)17-12(16(19)20)7-10-3-4-10/h2,5-6,8,10,12H,3-4,7H2,1H3,(H,17,18)(H,19,20). The summed E-state index contributed by atoms with van der Waals surface area (Å²) in [6, 6.07) is 6.43. The number of carboxylic acids is 1. The van der Waals surface area contributed by atoms with E-state index in [2.05, 4.69) is 5.32 Å². The van der Waals surface area contributed by atoms with Gasteiger partial charge >= 0.3 is 5.97 Å². The maximum absolute atomic E-state index is 12.1. The Bertz CT molecular complexity index is 699. The number of rotatable bonds is 5. The van der Waals surface area contributed by atoms with E-state index in [1.165, 1.54) is 0 Å². The van der Waals surface area contributed by atoms with Gasteiger partial charge in [0.15, 0.2) is 5.76 Å². The molecule has 0 spiro atoms. The number of furan rings is 1. The predicted octanol–water partition coefficient (Wildman–Crippen LogP) is 2.72. The van der Waals surface area contributed by atoms with Gasteiger partial charge in [-0.25, -0.2) is 4.79 Å². The minimum absolute atomic E-state index is 0.151. The van der Waals surface area contributed by atoms with Gasteiger partial charge < -0.3 is 14.8 Å². The van der Waals surface area contributed by atoms with Crippen molar-refractivity contribution < 1.29 is 19.1 Å². The molecule has 1 saturated carbocycles. The third-order valence-corrected chi connectivity index (χ3v) is 3.76. The number of benzene rings is 1. The molecule has 1 aromatic heterocycles. The Labute approximate surface area is 121 Å². The van der Waals surface area contributed by atoms with E-state index in [-0.39, 0.29) is 5.76 Å². The second-order valence-electron chi connectivity index (χ2n) is 5.70. The summed E-state index contributed by atoms with van der Waals surface area (Å²) in [5.41, 5.74) is 1.70. The van der Waals surface area contributed by atoms with E-state index in [4.69, 9.17) is 4.42 Å². The number of carbonyl (C=O) groups excluding carboxylic acids is 1. The van der Waals surface area contributed by atoms with E-state index < -0.39 is 17.9 Å². The van der Waals surface area contributed by atoms with Gasteiger partial charge in [0.25, 0.3) is 5.91 Å². The van der Waals surface area contributed by atoms with E-state index in [1.807, 2.05) is 19.1 Å². The number of carboxylic acid groups (broad SMARTS) is 1. The van der Waals surface area contributed by atoms with Crippen molar-refractivity contribution in [3.05, 3.63) is 35.6 Å². The zero-order chi connectivity index (χ0) is 15.0. The molecule has 1 aromatic carbocycles. The third-order valence-electron chi connectivity index (χ3n) is 3.76. The number of aryl methyl sites for hydroxylation is 1. The second kappa shape index (κ2) is 5.24. The molecule has 2 N–H and O–H groups in total. The number of aliphatic carboxylic acids is 1. The number of hydrogen-bond donors (Lipinski definition) is 2. The van der Waals surface area contributed by atoms with Crippen molar-refractivity contribution in [2.75, 3.05) is 0 Å². The van der Waals surface area contributed by atoms with E-state index >= 15 is 0 Å². The molecule has 1 aliphatic carbocycles. The van der Waals surface area contributed by atoms with Crippen molar-refractivity contribution in [3.63, 3.8) is 0 Å². The summed E-state index contributed by atoms with van der Waals surface area (Å²) in [5, 5.41) is 12.6. The molecule has 0 saturated heterocycles. The largest absolute Gasteiger partial charge is 0.480 e. The van der Waals surface area contributed by atoms with Crippen LogP contribution in [0.4, 0.5) is 0 Å². The Morgan fingerprint density at radius 3 is 2.81 bits per heavy atom. The molecule has 5 nitrogen and oxygen atoms in total. The quantitative estimate of drug-likeness (QED) is 0.886. The maximum atomic E-state index is 12.1. The van der Waals surface area contributed by atoms with Crippen LogP contribution in [0.2, 0.25) is 0 Å². The van der Waals surface area contributed by atoms with Crippen molar-refractivity contribution in [2.24, 2.45) is 5.92 Å². The van der Waals surface area contributed by atoms with E-state index in [1.54, 1.807) is 12.1 Å². The summed E-state index contributed by atoms with van der Waals surface area (Å²) in [7, 11) is 0. The predicted molar refractivity (Wildman–Crippen MR) is 77.2 cm³/mol. The average molecular weight is 287 g/mol. The summed E-state index contributed by atoms with van der Waals surface area (Å²) < 4.78 is 5.48. The normalized spacial score (nSPS) is 15.9. The molecule has 5 heteroatoms. The summed E-state index contributed by atoms with van der Waals surface area (Å²) >= 11 is 0. The Morgan fingerprint density at radius 1 is 1.38 bits per heavy atom. The minimum atomic E-state index is -0.998. The highest BCUT2D eigenvalue weighted by molar-refractivity contribution is 5.98. The van der Waals surface area contributed by atoms with E-state index in [9.17, 15) is 14.7 Å². The van der Waals surface area contributed by atoms with Crippen LogP contribution in [-0.2, 0) is 4.79 Å². The average Bonchev–Trinajstić information content (AvgIpc) is 3.14. The Hall–Kier alpha value is -2.30. The van der Waals surface area contributed by atoms with Crippen LogP contribution in [-0.4, -0.2) is 23.0 Å². The second-order valence-corrected chi connectivity index (χ2v) is 5.70. The molecule has 21 heavy (non-hydrogen) atoms. The highest BCUT2D eigenvalue weighted by Gasteiger charge is 2.30. The summed E-state index contributed by atoms with van der Waals surface area (Å²) in [5.74, 6) is -0.901. The molecule has 1 atom stereocenters. The smallest absolute Gasteiger partial charge is 0.326 e. The van der Waals surface area contributed by atoms with Gasteiger partial charge in [-0.15, -0.1) is 0 Å². The van der Waals surface area contributed by atoms with Gasteiger partial charge in [-0.2, -0.15) is 0 Å². The van der Waals surface area contributed by atoms with Gasteiger partial charge in [0.1, 0.15) is 11.6 Å². The molecule has 1 aliphatic rings. The Balaban J connectivity index is 1.77. The fourth-order valence-electron chi connectivity index (χ4n) is 2.41. The van der Waals surface area contributed by atoms with Gasteiger partial charge in [0, 0.05) is 5.39 Å². The minimum Gasteiger partial charge on any atom is -0.480 e. The van der Waals surface area contributed by atoms with Gasteiger partial charge in [-0.3, -0.25) is 4.79 Å². The molecular weight excluding hydrogens is 270 g/mol. The lowest BCUT2D eigenvalue weighted by Gasteiger charge is -2.12. The molecule has 110 valence electrons. The van der Waals surface area contributed by atoms with Gasteiger partial charge in [0.2, 0.25) is 0 Å². The van der Waals surface area contributed by atoms with Crippen LogP contribution in [0.25, 0.3) is 11.0 Å². The van der Waals surface area contributed by atoms with Crippen LogP contribution in [0.5, 0.6) is 0 Å². The lowest BCUT2D eigenvalue weighted by Crippen LogP contribution is -2.41. The number of amides is 1.